The lowest BCUT2D eigenvalue weighted by atomic mass is 9.98. The van der Waals surface area contributed by atoms with Crippen LogP contribution in [-0.2, 0) is 23.4 Å². The van der Waals surface area contributed by atoms with Crippen molar-refractivity contribution in [1.29, 1.82) is 0 Å². The van der Waals surface area contributed by atoms with E-state index in [1.54, 1.807) is 32.0 Å². The van der Waals surface area contributed by atoms with Crippen LogP contribution >= 0.6 is 7.75 Å². The first-order valence-corrected chi connectivity index (χ1v) is 12.7. The van der Waals surface area contributed by atoms with Gasteiger partial charge in [0.1, 0.15) is 29.8 Å². The maximum absolute atomic E-state index is 15.5. The second-order valence-corrected chi connectivity index (χ2v) is 10.4. The number of anilines is 1. The summed E-state index contributed by atoms with van der Waals surface area (Å²) in [5.41, 5.74) is 2.16. The number of para-hydroxylation sites is 1. The Morgan fingerprint density at radius 1 is 1.33 bits per heavy atom. The normalized spacial score (nSPS) is 26.4. The molecular formula is C22H30FN4O8P. The highest BCUT2D eigenvalue weighted by molar-refractivity contribution is 7.52. The molecule has 14 heteroatoms. The second-order valence-electron chi connectivity index (χ2n) is 8.70. The fourth-order valence-corrected chi connectivity index (χ4v) is 4.96. The fraction of sp³-hybridized carbons (Fsp3) is 0.500. The Balaban J connectivity index is 1.79. The maximum atomic E-state index is 15.5. The number of carbonyl (C=O) groups excluding carboxylic acids is 1. The van der Waals surface area contributed by atoms with Gasteiger partial charge in [-0.05, 0) is 45.9 Å². The van der Waals surface area contributed by atoms with Gasteiger partial charge in [-0.2, -0.15) is 10.1 Å². The SMILES string of the molecule is CC(C)OC(=O)[C@H](C)NP(=O)(OCC1O[C@@H](n2ccc(N)nc2=O)[C@](C)(F)[C@@H]1O)Oc1ccccc1. The Morgan fingerprint density at radius 3 is 2.61 bits per heavy atom. The van der Waals surface area contributed by atoms with E-state index in [0.29, 0.717) is 0 Å². The number of nitrogens with zero attached hydrogens (tertiary/aromatic N) is 2. The molecular weight excluding hydrogens is 498 g/mol. The van der Waals surface area contributed by atoms with E-state index in [2.05, 4.69) is 10.1 Å². The van der Waals surface area contributed by atoms with E-state index in [4.69, 9.17) is 24.3 Å². The van der Waals surface area contributed by atoms with Crippen LogP contribution in [0.15, 0.2) is 47.4 Å². The quantitative estimate of drug-likeness (QED) is 0.305. The first kappa shape index (κ1) is 27.8. The minimum atomic E-state index is -4.29. The second kappa shape index (κ2) is 11.1. The number of nitrogens with one attached hydrogen (secondary N) is 1. The van der Waals surface area contributed by atoms with E-state index in [0.717, 1.165) is 11.5 Å². The number of esters is 1. The lowest BCUT2D eigenvalue weighted by Gasteiger charge is -2.25. The van der Waals surface area contributed by atoms with Crippen molar-refractivity contribution < 1.29 is 37.4 Å². The van der Waals surface area contributed by atoms with Gasteiger partial charge in [-0.25, -0.2) is 13.8 Å². The number of aliphatic hydroxyl groups excluding tert-OH is 1. The third kappa shape index (κ3) is 6.48. The summed E-state index contributed by atoms with van der Waals surface area (Å²) < 4.78 is 51.6. The van der Waals surface area contributed by atoms with Gasteiger partial charge in [-0.3, -0.25) is 13.9 Å². The summed E-state index contributed by atoms with van der Waals surface area (Å²) >= 11 is 0. The monoisotopic (exact) mass is 528 g/mol. The molecule has 2 heterocycles. The number of ether oxygens (including phenoxy) is 2. The molecule has 1 aliphatic heterocycles. The smallest absolute Gasteiger partial charge is 0.459 e. The number of nitrogen functional groups attached to an aromatic ring is 1. The number of aliphatic hydroxyl groups is 1. The molecule has 1 fully saturated rings. The van der Waals surface area contributed by atoms with Gasteiger partial charge in [-0.1, -0.05) is 18.2 Å². The highest BCUT2D eigenvalue weighted by atomic mass is 31.2. The Bertz CT molecular complexity index is 1160. The predicted octanol–water partition coefficient (Wildman–Crippen LogP) is 1.95. The topological polar surface area (TPSA) is 164 Å². The van der Waals surface area contributed by atoms with Gasteiger partial charge in [0.2, 0.25) is 0 Å². The largest absolute Gasteiger partial charge is 0.462 e. The minimum absolute atomic E-state index is 0.0644. The van der Waals surface area contributed by atoms with Crippen molar-refractivity contribution in [3.63, 3.8) is 0 Å². The van der Waals surface area contributed by atoms with Crippen LogP contribution in [-0.4, -0.2) is 57.3 Å². The molecule has 198 valence electrons. The molecule has 0 aliphatic carbocycles. The average Bonchev–Trinajstić information content (AvgIpc) is 3.01. The zero-order chi connectivity index (χ0) is 26.7. The van der Waals surface area contributed by atoms with Crippen LogP contribution in [0.3, 0.4) is 0 Å². The highest BCUT2D eigenvalue weighted by Gasteiger charge is 2.56. The van der Waals surface area contributed by atoms with E-state index in [-0.39, 0.29) is 11.6 Å². The lowest BCUT2D eigenvalue weighted by Crippen LogP contribution is -2.43. The molecule has 12 nitrogen and oxygen atoms in total. The maximum Gasteiger partial charge on any atom is 0.459 e. The van der Waals surface area contributed by atoms with Crippen LogP contribution in [0.2, 0.25) is 0 Å². The first-order valence-electron chi connectivity index (χ1n) is 11.2. The van der Waals surface area contributed by atoms with Gasteiger partial charge >= 0.3 is 19.4 Å². The molecule has 2 aromatic rings. The van der Waals surface area contributed by atoms with E-state index < -0.39 is 62.3 Å². The standard InChI is InChI=1S/C22H30FN4O8P/c1-13(2)33-19(29)14(3)26-36(31,35-15-8-6-5-7-9-15)32-12-16-18(28)22(4,23)20(34-16)27-11-10-17(24)25-21(27)30/h5-11,13-14,16,18,20,28H,12H2,1-4H3,(H,26,31)(H2,24,25,30)/t14-,16?,18+,20+,22+,36?/m0/s1. The van der Waals surface area contributed by atoms with Gasteiger partial charge in [0.05, 0.1) is 12.7 Å². The fourth-order valence-electron chi connectivity index (χ4n) is 3.46. The van der Waals surface area contributed by atoms with Gasteiger partial charge in [0.25, 0.3) is 0 Å². The Kier molecular flexibility index (Phi) is 8.52. The molecule has 0 amide bonds. The Hall–Kier alpha value is -2.83. The lowest BCUT2D eigenvalue weighted by molar-refractivity contribution is -0.149. The zero-order valence-electron chi connectivity index (χ0n) is 20.2. The van der Waals surface area contributed by atoms with Crippen LogP contribution < -0.4 is 21.0 Å². The van der Waals surface area contributed by atoms with E-state index in [1.807, 2.05) is 0 Å². The van der Waals surface area contributed by atoms with Crippen LogP contribution in [0, 0.1) is 0 Å². The Labute approximate surface area is 207 Å². The molecule has 1 aliphatic rings. The summed E-state index contributed by atoms with van der Waals surface area (Å²) in [5.74, 6) is -0.599. The molecule has 3 rings (SSSR count). The van der Waals surface area contributed by atoms with E-state index in [9.17, 15) is 19.3 Å². The summed E-state index contributed by atoms with van der Waals surface area (Å²) in [7, 11) is -4.29. The van der Waals surface area contributed by atoms with Crippen molar-refractivity contribution in [2.24, 2.45) is 0 Å². The minimum Gasteiger partial charge on any atom is -0.462 e. The summed E-state index contributed by atoms with van der Waals surface area (Å²) in [5, 5.41) is 13.1. The predicted molar refractivity (Wildman–Crippen MR) is 127 cm³/mol. The summed E-state index contributed by atoms with van der Waals surface area (Å²) in [6.45, 7) is 5.16. The molecule has 1 aromatic carbocycles. The van der Waals surface area contributed by atoms with Gasteiger partial charge in [-0.15, -0.1) is 0 Å². The molecule has 0 bridgehead atoms. The number of rotatable bonds is 10. The van der Waals surface area contributed by atoms with Crippen molar-refractivity contribution >= 4 is 19.5 Å². The number of halogens is 1. The summed E-state index contributed by atoms with van der Waals surface area (Å²) in [6.07, 6.45) is -3.92. The van der Waals surface area contributed by atoms with Crippen LogP contribution in [0.5, 0.6) is 5.75 Å². The number of aromatic nitrogens is 2. The van der Waals surface area contributed by atoms with Crippen molar-refractivity contribution in [3.05, 3.63) is 53.1 Å². The third-order valence-electron chi connectivity index (χ3n) is 5.26. The van der Waals surface area contributed by atoms with Gasteiger partial charge in [0.15, 0.2) is 11.9 Å². The molecule has 0 saturated carbocycles. The molecule has 1 aromatic heterocycles. The van der Waals surface area contributed by atoms with E-state index >= 15 is 4.39 Å². The molecule has 1 saturated heterocycles. The zero-order valence-corrected chi connectivity index (χ0v) is 21.1. The number of hydrogen-bond donors (Lipinski definition) is 3. The molecule has 0 spiro atoms. The molecule has 4 N–H and O–H groups in total. The summed E-state index contributed by atoms with van der Waals surface area (Å²) in [4.78, 5) is 28.0. The number of benzene rings is 1. The van der Waals surface area contributed by atoms with Gasteiger partial charge in [0, 0.05) is 6.20 Å². The van der Waals surface area contributed by atoms with Gasteiger partial charge < -0.3 is 24.8 Å². The molecule has 0 radical (unpaired) electrons. The number of alkyl halides is 1. The van der Waals surface area contributed by atoms with Crippen molar-refractivity contribution in [3.8, 4) is 5.75 Å². The first-order chi connectivity index (χ1) is 16.8. The van der Waals surface area contributed by atoms with E-state index in [1.165, 1.54) is 31.3 Å². The molecule has 2 unspecified atom stereocenters. The van der Waals surface area contributed by atoms with Crippen molar-refractivity contribution in [1.82, 2.24) is 14.6 Å². The van der Waals surface area contributed by atoms with Crippen LogP contribution in [0.4, 0.5) is 10.2 Å². The van der Waals surface area contributed by atoms with Crippen LogP contribution in [0.1, 0.15) is 33.9 Å². The third-order valence-corrected chi connectivity index (χ3v) is 6.90. The molecule has 36 heavy (non-hydrogen) atoms. The van der Waals surface area contributed by atoms with Crippen molar-refractivity contribution in [2.45, 2.75) is 63.9 Å². The number of nitrogens with two attached hydrogens (primary N) is 1. The number of carbonyl (C=O) groups is 1. The highest BCUT2D eigenvalue weighted by Crippen LogP contribution is 2.47. The Morgan fingerprint density at radius 2 is 2.00 bits per heavy atom. The summed E-state index contributed by atoms with van der Waals surface area (Å²) in [6, 6.07) is 8.20. The van der Waals surface area contributed by atoms with Crippen LogP contribution in [0.25, 0.3) is 0 Å². The molecule has 6 atom stereocenters. The van der Waals surface area contributed by atoms with Crippen molar-refractivity contribution in [2.75, 3.05) is 12.3 Å². The number of hydrogen-bond acceptors (Lipinski definition) is 10. The average molecular weight is 528 g/mol.